The maximum Gasteiger partial charge on any atom is 0.325 e. The fourth-order valence-corrected chi connectivity index (χ4v) is 3.11. The summed E-state index contributed by atoms with van der Waals surface area (Å²) < 4.78 is 4.81. The molecular weight excluding hydrogens is 268 g/mol. The molecule has 1 atom stereocenters. The zero-order chi connectivity index (χ0) is 15.1. The summed E-state index contributed by atoms with van der Waals surface area (Å²) >= 11 is 0. The van der Waals surface area contributed by atoms with Crippen molar-refractivity contribution >= 4 is 11.9 Å². The van der Waals surface area contributed by atoms with Crippen molar-refractivity contribution in [2.24, 2.45) is 5.92 Å². The third kappa shape index (κ3) is 4.84. The Balaban J connectivity index is 1.70. The van der Waals surface area contributed by atoms with E-state index in [1.807, 2.05) is 0 Å². The number of carbonyl (C=O) groups is 2. The molecule has 1 N–H and O–H groups in total. The van der Waals surface area contributed by atoms with Crippen molar-refractivity contribution in [2.45, 2.75) is 45.1 Å². The second-order valence-electron chi connectivity index (χ2n) is 5.76. The molecule has 118 valence electrons. The quantitative estimate of drug-likeness (QED) is 0.616. The van der Waals surface area contributed by atoms with Gasteiger partial charge in [-0.1, -0.05) is 12.2 Å². The van der Waals surface area contributed by atoms with E-state index in [1.165, 1.54) is 19.3 Å². The van der Waals surface area contributed by atoms with Crippen molar-refractivity contribution in [1.29, 1.82) is 0 Å². The molecule has 5 heteroatoms. The number of hydrogen-bond acceptors (Lipinski definition) is 4. The van der Waals surface area contributed by atoms with E-state index in [4.69, 9.17) is 4.74 Å². The van der Waals surface area contributed by atoms with Gasteiger partial charge < -0.3 is 10.1 Å². The second kappa shape index (κ2) is 8.17. The Hall–Kier alpha value is -1.36. The van der Waals surface area contributed by atoms with Crippen LogP contribution in [0, 0.1) is 5.92 Å². The Morgan fingerprint density at radius 2 is 2.05 bits per heavy atom. The summed E-state index contributed by atoms with van der Waals surface area (Å²) in [6, 6.07) is 0.558. The zero-order valence-corrected chi connectivity index (χ0v) is 12.8. The van der Waals surface area contributed by atoms with Gasteiger partial charge in [0.15, 0.2) is 0 Å². The fraction of sp³-hybridized carbons (Fsp3) is 0.750. The van der Waals surface area contributed by atoms with Gasteiger partial charge >= 0.3 is 5.97 Å². The minimum atomic E-state index is -0.365. The van der Waals surface area contributed by atoms with Crippen LogP contribution in [0.15, 0.2) is 12.2 Å². The molecule has 0 aromatic rings. The van der Waals surface area contributed by atoms with Crippen molar-refractivity contribution in [2.75, 3.05) is 26.2 Å². The molecule has 0 aromatic heterocycles. The number of piperidine rings is 1. The summed E-state index contributed by atoms with van der Waals surface area (Å²) in [6.45, 7) is 4.02. The van der Waals surface area contributed by atoms with E-state index in [0.717, 1.165) is 25.9 Å². The number of nitrogens with one attached hydrogen (secondary N) is 1. The van der Waals surface area contributed by atoms with Crippen molar-refractivity contribution in [3.05, 3.63) is 12.2 Å². The van der Waals surface area contributed by atoms with Crippen molar-refractivity contribution in [3.63, 3.8) is 0 Å². The summed E-state index contributed by atoms with van der Waals surface area (Å²) in [7, 11) is 0. The molecular formula is C16H26N2O3. The van der Waals surface area contributed by atoms with Crippen molar-refractivity contribution in [1.82, 2.24) is 10.2 Å². The summed E-state index contributed by atoms with van der Waals surface area (Å²) in [4.78, 5) is 25.8. The molecule has 2 aliphatic rings. The van der Waals surface area contributed by atoms with E-state index in [0.29, 0.717) is 12.6 Å². The summed E-state index contributed by atoms with van der Waals surface area (Å²) in [6.07, 6.45) is 10.0. The van der Waals surface area contributed by atoms with E-state index in [-0.39, 0.29) is 24.3 Å². The first-order valence-corrected chi connectivity index (χ1v) is 8.04. The molecule has 0 bridgehead atoms. The Morgan fingerprint density at radius 3 is 2.67 bits per heavy atom. The molecule has 1 heterocycles. The van der Waals surface area contributed by atoms with Gasteiger partial charge in [0, 0.05) is 12.0 Å². The highest BCUT2D eigenvalue weighted by atomic mass is 16.5. The van der Waals surface area contributed by atoms with Crippen molar-refractivity contribution in [3.8, 4) is 0 Å². The zero-order valence-electron chi connectivity index (χ0n) is 12.8. The molecule has 0 aromatic carbocycles. The first kappa shape index (κ1) is 16.0. The lowest BCUT2D eigenvalue weighted by molar-refractivity contribution is -0.144. The molecule has 0 saturated carbocycles. The minimum Gasteiger partial charge on any atom is -0.465 e. The van der Waals surface area contributed by atoms with Crippen LogP contribution >= 0.6 is 0 Å². The maximum atomic E-state index is 12.0. The number of nitrogens with zero attached hydrogens (tertiary/aromatic N) is 1. The first-order chi connectivity index (χ1) is 10.2. The van der Waals surface area contributed by atoms with Crippen LogP contribution in [0.4, 0.5) is 0 Å². The van der Waals surface area contributed by atoms with E-state index in [2.05, 4.69) is 22.4 Å². The summed E-state index contributed by atoms with van der Waals surface area (Å²) in [5, 5.41) is 2.69. The van der Waals surface area contributed by atoms with Crippen LogP contribution in [0.25, 0.3) is 0 Å². The number of hydrogen-bond donors (Lipinski definition) is 1. The monoisotopic (exact) mass is 294 g/mol. The molecule has 5 nitrogen and oxygen atoms in total. The predicted octanol–water partition coefficient (Wildman–Crippen LogP) is 1.49. The third-order valence-corrected chi connectivity index (χ3v) is 4.31. The van der Waals surface area contributed by atoms with Gasteiger partial charge in [0.2, 0.25) is 5.91 Å². The number of ether oxygens (including phenoxy) is 1. The highest BCUT2D eigenvalue weighted by Crippen LogP contribution is 2.23. The SMILES string of the molecule is CCOC(=O)CNC(=O)C1CCN(C2C=CCCC2)CC1. The first-order valence-electron chi connectivity index (χ1n) is 8.04. The lowest BCUT2D eigenvalue weighted by Crippen LogP contribution is -2.45. The number of carbonyl (C=O) groups excluding carboxylic acids is 2. The molecule has 1 saturated heterocycles. The molecule has 1 amide bonds. The van der Waals surface area contributed by atoms with Crippen LogP contribution in [-0.4, -0.2) is 49.1 Å². The average molecular weight is 294 g/mol. The smallest absolute Gasteiger partial charge is 0.325 e. The Bertz CT molecular complexity index is 387. The van der Waals surface area contributed by atoms with Gasteiger partial charge in [0.1, 0.15) is 6.54 Å². The number of amides is 1. The predicted molar refractivity (Wildman–Crippen MR) is 80.7 cm³/mol. The highest BCUT2D eigenvalue weighted by molar-refractivity contribution is 5.83. The van der Waals surface area contributed by atoms with Crippen LogP contribution in [0.1, 0.15) is 39.0 Å². The lowest BCUT2D eigenvalue weighted by atomic mass is 9.92. The third-order valence-electron chi connectivity index (χ3n) is 4.31. The molecule has 1 aliphatic heterocycles. The van der Waals surface area contributed by atoms with Gasteiger partial charge in [-0.05, 0) is 52.1 Å². The van der Waals surface area contributed by atoms with E-state index < -0.39 is 0 Å². The Morgan fingerprint density at radius 1 is 1.29 bits per heavy atom. The molecule has 1 unspecified atom stereocenters. The second-order valence-corrected chi connectivity index (χ2v) is 5.76. The lowest BCUT2D eigenvalue weighted by Gasteiger charge is -2.36. The number of rotatable bonds is 5. The van der Waals surface area contributed by atoms with Crippen LogP contribution in [0.2, 0.25) is 0 Å². The summed E-state index contributed by atoms with van der Waals surface area (Å²) in [5.74, 6) is -0.347. The van der Waals surface area contributed by atoms with E-state index >= 15 is 0 Å². The van der Waals surface area contributed by atoms with E-state index in [9.17, 15) is 9.59 Å². The molecule has 1 fully saturated rings. The number of esters is 1. The standard InChI is InChI=1S/C16H26N2O3/c1-2-21-15(19)12-17-16(20)13-8-10-18(11-9-13)14-6-4-3-5-7-14/h4,6,13-14H,2-3,5,7-12H2,1H3,(H,17,20). The molecule has 21 heavy (non-hydrogen) atoms. The molecule has 0 radical (unpaired) electrons. The largest absolute Gasteiger partial charge is 0.465 e. The Kier molecular flexibility index (Phi) is 6.23. The van der Waals surface area contributed by atoms with Crippen LogP contribution in [-0.2, 0) is 14.3 Å². The van der Waals surface area contributed by atoms with Crippen LogP contribution in [0.5, 0.6) is 0 Å². The molecule has 1 aliphatic carbocycles. The van der Waals surface area contributed by atoms with E-state index in [1.54, 1.807) is 6.92 Å². The number of likely N-dealkylation sites (tertiary alicyclic amines) is 1. The molecule has 2 rings (SSSR count). The van der Waals surface area contributed by atoms with Gasteiger partial charge in [-0.2, -0.15) is 0 Å². The average Bonchev–Trinajstić information content (AvgIpc) is 2.54. The topological polar surface area (TPSA) is 58.6 Å². The normalized spacial score (nSPS) is 23.8. The molecule has 0 spiro atoms. The van der Waals surface area contributed by atoms with Crippen molar-refractivity contribution < 1.29 is 14.3 Å². The fourth-order valence-electron chi connectivity index (χ4n) is 3.11. The minimum absolute atomic E-state index is 0.0121. The van der Waals surface area contributed by atoms with Gasteiger partial charge in [0.25, 0.3) is 0 Å². The maximum absolute atomic E-state index is 12.0. The number of allylic oxidation sites excluding steroid dienone is 1. The Labute approximate surface area is 126 Å². The van der Waals surface area contributed by atoms with Gasteiger partial charge in [0.05, 0.1) is 6.61 Å². The van der Waals surface area contributed by atoms with Gasteiger partial charge in [-0.3, -0.25) is 14.5 Å². The van der Waals surface area contributed by atoms with Crippen LogP contribution in [0.3, 0.4) is 0 Å². The summed E-state index contributed by atoms with van der Waals surface area (Å²) in [5.41, 5.74) is 0. The van der Waals surface area contributed by atoms with Gasteiger partial charge in [-0.15, -0.1) is 0 Å². The van der Waals surface area contributed by atoms with Crippen LogP contribution < -0.4 is 5.32 Å². The van der Waals surface area contributed by atoms with Gasteiger partial charge in [-0.25, -0.2) is 0 Å². The highest BCUT2D eigenvalue weighted by Gasteiger charge is 2.28.